The van der Waals surface area contributed by atoms with Gasteiger partial charge in [-0.25, -0.2) is 0 Å². The quantitative estimate of drug-likeness (QED) is 0.0421. The fraction of sp³-hybridized carbons (Fsp3) is 0.683. The minimum atomic E-state index is -0.886. The van der Waals surface area contributed by atoms with Crippen LogP contribution in [0.5, 0.6) is 0 Å². The highest BCUT2D eigenvalue weighted by Gasteiger charge is 2.17. The maximum Gasteiger partial charge on any atom is 0.220 e. The first kappa shape index (κ1) is 61.1. The highest BCUT2D eigenvalue weighted by molar-refractivity contribution is 5.76. The third kappa shape index (κ3) is 50.1. The predicted molar refractivity (Wildman–Crippen MR) is 285 cm³/mol. The Kier molecular flexibility index (Phi) is 51.9. The zero-order valence-electron chi connectivity index (χ0n) is 42.0. The third-order valence-electron chi connectivity index (χ3n) is 11.7. The van der Waals surface area contributed by atoms with Gasteiger partial charge >= 0.3 is 0 Å². The van der Waals surface area contributed by atoms with Gasteiger partial charge in [0.15, 0.2) is 0 Å². The number of carbonyl (C=O) groups is 1. The summed E-state index contributed by atoms with van der Waals surface area (Å²) in [5, 5.41) is 23.1. The number of nitrogens with one attached hydrogen (secondary N) is 1. The van der Waals surface area contributed by atoms with Crippen LogP contribution >= 0.6 is 0 Å². The second kappa shape index (κ2) is 54.4. The average Bonchev–Trinajstić information content (AvgIpc) is 3.30. The number of hydrogen-bond acceptors (Lipinski definition) is 3. The molecule has 366 valence electrons. The molecule has 0 rings (SSSR count). The van der Waals surface area contributed by atoms with Gasteiger partial charge in [-0.3, -0.25) is 4.79 Å². The van der Waals surface area contributed by atoms with Crippen LogP contribution < -0.4 is 5.32 Å². The molecule has 0 spiro atoms. The largest absolute Gasteiger partial charge is 0.394 e. The number of amides is 1. The van der Waals surface area contributed by atoms with Gasteiger partial charge in [-0.2, -0.15) is 0 Å². The molecule has 0 aliphatic heterocycles. The van der Waals surface area contributed by atoms with Gasteiger partial charge in [-0.1, -0.05) is 252 Å². The summed E-state index contributed by atoms with van der Waals surface area (Å²) in [6.45, 7) is 4.18. The number of hydrogen-bond donors (Lipinski definition) is 3. The lowest BCUT2D eigenvalue weighted by Gasteiger charge is -2.19. The fourth-order valence-corrected chi connectivity index (χ4v) is 7.63. The van der Waals surface area contributed by atoms with Crippen LogP contribution in [-0.4, -0.2) is 34.9 Å². The van der Waals surface area contributed by atoms with E-state index in [2.05, 4.69) is 116 Å². The van der Waals surface area contributed by atoms with Crippen molar-refractivity contribution in [1.29, 1.82) is 0 Å². The molecule has 0 bridgehead atoms. The molecule has 4 heteroatoms. The van der Waals surface area contributed by atoms with Crippen molar-refractivity contribution in [2.24, 2.45) is 0 Å². The van der Waals surface area contributed by atoms with Crippen molar-refractivity contribution in [2.75, 3.05) is 6.61 Å². The van der Waals surface area contributed by atoms with Crippen molar-refractivity contribution in [3.63, 3.8) is 0 Å². The number of allylic oxidation sites excluding steroid dienone is 17. The number of carbonyl (C=O) groups excluding carboxylic acids is 1. The molecule has 0 saturated carbocycles. The van der Waals surface area contributed by atoms with E-state index < -0.39 is 12.1 Å². The van der Waals surface area contributed by atoms with Gasteiger partial charge in [-0.15, -0.1) is 0 Å². The zero-order valence-corrected chi connectivity index (χ0v) is 42.0. The second-order valence-corrected chi connectivity index (χ2v) is 17.9. The Labute approximate surface area is 397 Å². The molecule has 0 aliphatic rings. The average molecular weight is 886 g/mol. The van der Waals surface area contributed by atoms with Crippen LogP contribution in [0.4, 0.5) is 0 Å². The zero-order chi connectivity index (χ0) is 46.3. The molecule has 2 unspecified atom stereocenters. The van der Waals surface area contributed by atoms with E-state index in [1.54, 1.807) is 6.08 Å². The van der Waals surface area contributed by atoms with E-state index in [0.717, 1.165) is 89.9 Å². The summed E-state index contributed by atoms with van der Waals surface area (Å²) in [7, 11) is 0. The van der Waals surface area contributed by atoms with E-state index in [4.69, 9.17) is 0 Å². The van der Waals surface area contributed by atoms with Crippen LogP contribution in [0.2, 0.25) is 0 Å². The van der Waals surface area contributed by atoms with Crippen LogP contribution in [0.1, 0.15) is 245 Å². The Morgan fingerprint density at radius 3 is 1.09 bits per heavy atom. The number of aliphatic hydroxyl groups excluding tert-OH is 2. The summed E-state index contributed by atoms with van der Waals surface area (Å²) in [5.74, 6) is -0.0960. The highest BCUT2D eigenvalue weighted by Crippen LogP contribution is 2.15. The lowest BCUT2D eigenvalue weighted by atomic mass is 10.0. The van der Waals surface area contributed by atoms with Crippen LogP contribution in [0.25, 0.3) is 0 Å². The lowest BCUT2D eigenvalue weighted by Crippen LogP contribution is -2.45. The molecule has 0 saturated heterocycles. The van der Waals surface area contributed by atoms with Crippen LogP contribution in [0, 0.1) is 0 Å². The van der Waals surface area contributed by atoms with Gasteiger partial charge < -0.3 is 15.5 Å². The Morgan fingerprint density at radius 2 is 0.703 bits per heavy atom. The van der Waals surface area contributed by atoms with Gasteiger partial charge in [0.2, 0.25) is 5.91 Å². The summed E-state index contributed by atoms with van der Waals surface area (Å²) < 4.78 is 0. The topological polar surface area (TPSA) is 69.6 Å². The molecule has 64 heavy (non-hydrogen) atoms. The van der Waals surface area contributed by atoms with Crippen LogP contribution in [-0.2, 0) is 4.79 Å². The molecule has 1 amide bonds. The van der Waals surface area contributed by atoms with E-state index in [1.807, 2.05) is 6.08 Å². The molecule has 0 heterocycles. The molecule has 0 radical (unpaired) electrons. The molecule has 0 fully saturated rings. The van der Waals surface area contributed by atoms with Crippen molar-refractivity contribution in [3.05, 3.63) is 109 Å². The van der Waals surface area contributed by atoms with E-state index in [1.165, 1.54) is 135 Å². The van der Waals surface area contributed by atoms with Crippen molar-refractivity contribution >= 4 is 5.91 Å². The van der Waals surface area contributed by atoms with Gasteiger partial charge in [0.25, 0.3) is 0 Å². The SMILES string of the molecule is CC/C=C\C/C=C\C/C=C\C/C=C\C/C=C\C/C=C\CCCCCCCCC(=O)NC(CO)C(O)/C=C/CC/C=C/CC/C=C/CCCCCCCCCCCCCCCCCCC. The molecule has 4 nitrogen and oxygen atoms in total. The molecular formula is C60H103NO3. The maximum absolute atomic E-state index is 12.5. The van der Waals surface area contributed by atoms with Crippen LogP contribution in [0.3, 0.4) is 0 Å². The number of aliphatic hydroxyl groups is 2. The number of unbranched alkanes of at least 4 members (excludes halogenated alkanes) is 25. The Bertz CT molecular complexity index is 1230. The van der Waals surface area contributed by atoms with E-state index in [-0.39, 0.29) is 12.5 Å². The normalized spacial score (nSPS) is 13.8. The van der Waals surface area contributed by atoms with Crippen molar-refractivity contribution in [3.8, 4) is 0 Å². The molecule has 0 aromatic carbocycles. The first-order valence-electron chi connectivity index (χ1n) is 27.1. The summed E-state index contributed by atoms with van der Waals surface area (Å²) in [6.07, 6.45) is 82.4. The summed E-state index contributed by atoms with van der Waals surface area (Å²) in [4.78, 5) is 12.5. The van der Waals surface area contributed by atoms with Crippen molar-refractivity contribution < 1.29 is 15.0 Å². The van der Waals surface area contributed by atoms with Crippen molar-refractivity contribution in [1.82, 2.24) is 5.32 Å². The first-order chi connectivity index (χ1) is 31.7. The maximum atomic E-state index is 12.5. The third-order valence-corrected chi connectivity index (χ3v) is 11.7. The summed E-state index contributed by atoms with van der Waals surface area (Å²) in [5.41, 5.74) is 0. The standard InChI is InChI=1S/C60H103NO3/c1-3-5-7-9-11-13-15-17-19-21-23-25-27-29-30-32-33-35-37-39-41-43-45-47-49-51-53-55-59(63)58(57-62)61-60(64)56-54-52-50-48-46-44-42-40-38-36-34-31-28-26-24-22-20-18-16-14-12-10-8-6-4-2/h6,8,12,14,18,20,24,26,31,34,37-40,45,47,53,55,58-59,62-63H,3-5,7,9-11,13,15-17,19,21-23,25,27-30,32-33,35-36,41-44,46,48-52,54,56-57H2,1-2H3,(H,61,64)/b8-6-,14-12-,20-18-,26-24-,34-31-,39-37+,40-38-,47-45+,55-53+. The Morgan fingerprint density at radius 1 is 0.391 bits per heavy atom. The minimum absolute atomic E-state index is 0.0960. The monoisotopic (exact) mass is 886 g/mol. The second-order valence-electron chi connectivity index (χ2n) is 17.9. The van der Waals surface area contributed by atoms with Crippen molar-refractivity contribution in [2.45, 2.75) is 257 Å². The van der Waals surface area contributed by atoms with Gasteiger partial charge in [0.1, 0.15) is 0 Å². The predicted octanol–water partition coefficient (Wildman–Crippen LogP) is 17.9. The lowest BCUT2D eigenvalue weighted by molar-refractivity contribution is -0.123. The molecule has 0 aliphatic carbocycles. The fourth-order valence-electron chi connectivity index (χ4n) is 7.63. The summed E-state index contributed by atoms with van der Waals surface area (Å²) in [6, 6.07) is -0.663. The summed E-state index contributed by atoms with van der Waals surface area (Å²) >= 11 is 0. The minimum Gasteiger partial charge on any atom is -0.394 e. The van der Waals surface area contributed by atoms with Crippen LogP contribution in [0.15, 0.2) is 109 Å². The molecular weight excluding hydrogens is 783 g/mol. The van der Waals surface area contributed by atoms with E-state index >= 15 is 0 Å². The molecule has 0 aromatic heterocycles. The Hall–Kier alpha value is -2.95. The molecule has 3 N–H and O–H groups in total. The van der Waals surface area contributed by atoms with E-state index in [9.17, 15) is 15.0 Å². The Balaban J connectivity index is 3.66. The van der Waals surface area contributed by atoms with Gasteiger partial charge in [0, 0.05) is 6.42 Å². The van der Waals surface area contributed by atoms with Gasteiger partial charge in [0.05, 0.1) is 18.8 Å². The van der Waals surface area contributed by atoms with E-state index in [0.29, 0.717) is 6.42 Å². The highest BCUT2D eigenvalue weighted by atomic mass is 16.3. The first-order valence-corrected chi connectivity index (χ1v) is 27.1. The number of rotatable bonds is 48. The van der Waals surface area contributed by atoms with Gasteiger partial charge in [-0.05, 0) is 96.3 Å². The smallest absolute Gasteiger partial charge is 0.220 e. The molecule has 0 aromatic rings. The molecule has 2 atom stereocenters.